The highest BCUT2D eigenvalue weighted by Crippen LogP contribution is 2.29. The maximum atomic E-state index is 12.2. The number of rotatable bonds is 3. The number of benzene rings is 2. The van der Waals surface area contributed by atoms with Gasteiger partial charge in [0.2, 0.25) is 0 Å². The van der Waals surface area contributed by atoms with Crippen LogP contribution in [0.3, 0.4) is 0 Å². The van der Waals surface area contributed by atoms with Crippen LogP contribution in [0, 0.1) is 6.92 Å². The number of hydrogen-bond donors (Lipinski definition) is 2. The monoisotopic (exact) mass is 334 g/mol. The van der Waals surface area contributed by atoms with Crippen LogP contribution < -0.4 is 15.8 Å². The Balaban J connectivity index is 2.23. The molecule has 4 nitrogen and oxygen atoms in total. The van der Waals surface area contributed by atoms with Gasteiger partial charge in [-0.15, -0.1) is 0 Å². The van der Waals surface area contributed by atoms with Crippen molar-refractivity contribution in [3.8, 4) is 5.75 Å². The van der Waals surface area contributed by atoms with Crippen molar-refractivity contribution in [3.63, 3.8) is 0 Å². The van der Waals surface area contributed by atoms with E-state index in [4.69, 9.17) is 10.5 Å². The predicted octanol–water partition coefficient (Wildman–Crippen LogP) is 3.60. The Bertz CT molecular complexity index is 616. The summed E-state index contributed by atoms with van der Waals surface area (Å²) in [5, 5.41) is 2.88. The highest BCUT2D eigenvalue weighted by molar-refractivity contribution is 9.10. The molecule has 3 N–H and O–H groups in total. The zero-order valence-electron chi connectivity index (χ0n) is 11.2. The zero-order chi connectivity index (χ0) is 14.7. The van der Waals surface area contributed by atoms with Crippen molar-refractivity contribution in [2.45, 2.75) is 6.92 Å². The molecule has 20 heavy (non-hydrogen) atoms. The number of aryl methyl sites for hydroxylation is 1. The van der Waals surface area contributed by atoms with Crippen molar-refractivity contribution in [3.05, 3.63) is 52.0 Å². The smallest absolute Gasteiger partial charge is 0.255 e. The number of carbonyl (C=O) groups is 1. The molecule has 2 aromatic rings. The number of amides is 1. The van der Waals surface area contributed by atoms with Crippen LogP contribution in [0.4, 0.5) is 11.4 Å². The van der Waals surface area contributed by atoms with Crippen molar-refractivity contribution in [1.29, 1.82) is 0 Å². The largest absolute Gasteiger partial charge is 0.497 e. The van der Waals surface area contributed by atoms with Gasteiger partial charge in [0.25, 0.3) is 5.91 Å². The third-order valence-electron chi connectivity index (χ3n) is 2.90. The summed E-state index contributed by atoms with van der Waals surface area (Å²) in [4.78, 5) is 12.2. The third-order valence-corrected chi connectivity index (χ3v) is 3.53. The second-order valence-corrected chi connectivity index (χ2v) is 5.23. The topological polar surface area (TPSA) is 64.3 Å². The van der Waals surface area contributed by atoms with E-state index >= 15 is 0 Å². The molecule has 0 unspecified atom stereocenters. The number of methoxy groups -OCH3 is 1. The van der Waals surface area contributed by atoms with E-state index in [-0.39, 0.29) is 5.91 Å². The van der Waals surface area contributed by atoms with E-state index < -0.39 is 0 Å². The molecule has 0 aromatic heterocycles. The molecule has 0 bridgehead atoms. The number of nitrogen functional groups attached to an aromatic ring is 1. The summed E-state index contributed by atoms with van der Waals surface area (Å²) in [7, 11) is 1.59. The maximum Gasteiger partial charge on any atom is 0.255 e. The molecule has 0 aliphatic carbocycles. The minimum Gasteiger partial charge on any atom is -0.497 e. The number of carbonyl (C=O) groups excluding carboxylic acids is 1. The van der Waals surface area contributed by atoms with Crippen LogP contribution in [0.25, 0.3) is 0 Å². The summed E-state index contributed by atoms with van der Waals surface area (Å²) in [5.41, 5.74) is 8.58. The van der Waals surface area contributed by atoms with E-state index in [1.807, 2.05) is 13.0 Å². The second-order valence-electron chi connectivity index (χ2n) is 4.38. The fraction of sp³-hybridized carbons (Fsp3) is 0.133. The maximum absolute atomic E-state index is 12.2. The van der Waals surface area contributed by atoms with E-state index in [1.165, 1.54) is 0 Å². The summed E-state index contributed by atoms with van der Waals surface area (Å²) in [6.07, 6.45) is 0. The minimum absolute atomic E-state index is 0.179. The molecule has 0 spiro atoms. The summed E-state index contributed by atoms with van der Waals surface area (Å²) in [6, 6.07) is 10.5. The Kier molecular flexibility index (Phi) is 4.29. The van der Waals surface area contributed by atoms with Gasteiger partial charge in [0.05, 0.1) is 12.8 Å². The van der Waals surface area contributed by atoms with Crippen LogP contribution in [0.1, 0.15) is 15.9 Å². The van der Waals surface area contributed by atoms with E-state index in [0.717, 1.165) is 15.7 Å². The number of ether oxygens (including phenoxy) is 1. The van der Waals surface area contributed by atoms with Crippen LogP contribution in [0.5, 0.6) is 5.75 Å². The molecule has 0 saturated carbocycles. The first kappa shape index (κ1) is 14.4. The molecular formula is C15H15BrN2O2. The first-order chi connectivity index (χ1) is 9.51. The Morgan fingerprint density at radius 1 is 1.25 bits per heavy atom. The molecule has 2 aromatic carbocycles. The lowest BCUT2D eigenvalue weighted by atomic mass is 10.1. The van der Waals surface area contributed by atoms with Gasteiger partial charge in [-0.3, -0.25) is 4.79 Å². The number of anilines is 2. The standard InChI is InChI=1S/C15H15BrN2O2/c1-9-7-11(17)8-13(16)14(9)18-15(19)10-3-5-12(20-2)6-4-10/h3-8H,17H2,1-2H3,(H,18,19). The molecule has 1 amide bonds. The first-order valence-electron chi connectivity index (χ1n) is 6.02. The van der Waals surface area contributed by atoms with Gasteiger partial charge in [-0.05, 0) is 64.8 Å². The molecular weight excluding hydrogens is 320 g/mol. The number of nitrogens with one attached hydrogen (secondary N) is 1. The minimum atomic E-state index is -0.179. The molecule has 0 heterocycles. The van der Waals surface area contributed by atoms with Gasteiger partial charge in [0.15, 0.2) is 0 Å². The lowest BCUT2D eigenvalue weighted by Crippen LogP contribution is -2.13. The Morgan fingerprint density at radius 3 is 2.45 bits per heavy atom. The Hall–Kier alpha value is -2.01. The highest BCUT2D eigenvalue weighted by Gasteiger charge is 2.11. The summed E-state index contributed by atoms with van der Waals surface area (Å²) in [5.74, 6) is 0.535. The van der Waals surface area contributed by atoms with E-state index in [9.17, 15) is 4.79 Å². The van der Waals surface area contributed by atoms with Crippen LogP contribution in [-0.4, -0.2) is 13.0 Å². The number of hydrogen-bond acceptors (Lipinski definition) is 3. The predicted molar refractivity (Wildman–Crippen MR) is 84.2 cm³/mol. The van der Waals surface area contributed by atoms with Gasteiger partial charge >= 0.3 is 0 Å². The number of nitrogens with two attached hydrogens (primary N) is 1. The van der Waals surface area contributed by atoms with Gasteiger partial charge in [-0.25, -0.2) is 0 Å². The van der Waals surface area contributed by atoms with Crippen molar-refractivity contribution in [2.75, 3.05) is 18.2 Å². The van der Waals surface area contributed by atoms with Gasteiger partial charge in [-0.2, -0.15) is 0 Å². The Labute approximate surface area is 126 Å². The molecule has 0 atom stereocenters. The van der Waals surface area contributed by atoms with Crippen LogP contribution >= 0.6 is 15.9 Å². The fourth-order valence-corrected chi connectivity index (χ4v) is 2.53. The summed E-state index contributed by atoms with van der Waals surface area (Å²) in [6.45, 7) is 1.89. The van der Waals surface area contributed by atoms with Gasteiger partial charge in [-0.1, -0.05) is 0 Å². The first-order valence-corrected chi connectivity index (χ1v) is 6.81. The Morgan fingerprint density at radius 2 is 1.90 bits per heavy atom. The highest BCUT2D eigenvalue weighted by atomic mass is 79.9. The lowest BCUT2D eigenvalue weighted by Gasteiger charge is -2.12. The summed E-state index contributed by atoms with van der Waals surface area (Å²) >= 11 is 3.41. The van der Waals surface area contributed by atoms with Gasteiger partial charge in [0, 0.05) is 15.7 Å². The molecule has 5 heteroatoms. The zero-order valence-corrected chi connectivity index (χ0v) is 12.8. The van der Waals surface area contributed by atoms with E-state index in [0.29, 0.717) is 17.0 Å². The third kappa shape index (κ3) is 3.11. The molecule has 2 rings (SSSR count). The normalized spacial score (nSPS) is 10.2. The molecule has 104 valence electrons. The molecule has 0 aliphatic heterocycles. The average molecular weight is 335 g/mol. The average Bonchev–Trinajstić information content (AvgIpc) is 2.42. The SMILES string of the molecule is COc1ccc(C(=O)Nc2c(C)cc(N)cc2Br)cc1. The molecule has 0 saturated heterocycles. The van der Waals surface area contributed by atoms with Crippen molar-refractivity contribution >= 4 is 33.2 Å². The van der Waals surface area contributed by atoms with Crippen molar-refractivity contribution in [2.24, 2.45) is 0 Å². The summed E-state index contributed by atoms with van der Waals surface area (Å²) < 4.78 is 5.83. The van der Waals surface area contributed by atoms with Gasteiger partial charge in [0.1, 0.15) is 5.75 Å². The quantitative estimate of drug-likeness (QED) is 0.843. The fourth-order valence-electron chi connectivity index (χ4n) is 1.86. The molecule has 0 fully saturated rings. The van der Waals surface area contributed by atoms with Gasteiger partial charge < -0.3 is 15.8 Å². The van der Waals surface area contributed by atoms with Crippen LogP contribution in [0.15, 0.2) is 40.9 Å². The molecule has 0 aliphatic rings. The lowest BCUT2D eigenvalue weighted by molar-refractivity contribution is 0.102. The van der Waals surface area contributed by atoms with E-state index in [1.54, 1.807) is 37.4 Å². The van der Waals surface area contributed by atoms with Crippen LogP contribution in [0.2, 0.25) is 0 Å². The van der Waals surface area contributed by atoms with Crippen molar-refractivity contribution in [1.82, 2.24) is 0 Å². The van der Waals surface area contributed by atoms with Crippen molar-refractivity contribution < 1.29 is 9.53 Å². The second kappa shape index (κ2) is 5.96. The van der Waals surface area contributed by atoms with E-state index in [2.05, 4.69) is 21.2 Å². The molecule has 0 radical (unpaired) electrons. The van der Waals surface area contributed by atoms with Crippen LogP contribution in [-0.2, 0) is 0 Å². The number of halogens is 1.